The van der Waals surface area contributed by atoms with Crippen molar-refractivity contribution >= 4 is 0 Å². The molecule has 2 heterocycles. The van der Waals surface area contributed by atoms with Crippen molar-refractivity contribution in [1.29, 1.82) is 0 Å². The Labute approximate surface area is 84.1 Å². The van der Waals surface area contributed by atoms with Crippen LogP contribution in [0.5, 0.6) is 0 Å². The van der Waals surface area contributed by atoms with E-state index < -0.39 is 0 Å². The van der Waals surface area contributed by atoms with Crippen LogP contribution in [0.1, 0.15) is 37.8 Å². The van der Waals surface area contributed by atoms with Crippen LogP contribution in [0.25, 0.3) is 0 Å². The summed E-state index contributed by atoms with van der Waals surface area (Å²) in [6.45, 7) is 5.95. The van der Waals surface area contributed by atoms with Gasteiger partial charge in [-0.1, -0.05) is 13.8 Å². The molecule has 1 aliphatic heterocycles. The Morgan fingerprint density at radius 2 is 2.43 bits per heavy atom. The zero-order valence-corrected chi connectivity index (χ0v) is 8.79. The number of aromatic amines is 1. The predicted molar refractivity (Wildman–Crippen MR) is 53.1 cm³/mol. The molecule has 0 amide bonds. The third-order valence-electron chi connectivity index (χ3n) is 2.86. The number of nitrogens with one attached hydrogen (secondary N) is 1. The normalized spacial score (nSPS) is 27.9. The summed E-state index contributed by atoms with van der Waals surface area (Å²) < 4.78 is 5.40. The Kier molecular flexibility index (Phi) is 2.82. The molecule has 0 aromatic carbocycles. The molecule has 0 bridgehead atoms. The minimum atomic E-state index is 0.472. The van der Waals surface area contributed by atoms with Crippen molar-refractivity contribution in [2.45, 2.75) is 32.6 Å². The fourth-order valence-electron chi connectivity index (χ4n) is 1.90. The van der Waals surface area contributed by atoms with E-state index in [1.807, 2.05) is 0 Å². The Morgan fingerprint density at radius 3 is 3.07 bits per heavy atom. The maximum atomic E-state index is 5.40. The van der Waals surface area contributed by atoms with E-state index in [1.54, 1.807) is 0 Å². The van der Waals surface area contributed by atoms with E-state index in [2.05, 4.69) is 29.0 Å². The summed E-state index contributed by atoms with van der Waals surface area (Å²) in [6, 6.07) is 0. The van der Waals surface area contributed by atoms with Gasteiger partial charge in [-0.2, -0.15) is 5.10 Å². The van der Waals surface area contributed by atoms with Crippen molar-refractivity contribution in [3.63, 3.8) is 0 Å². The second kappa shape index (κ2) is 4.09. The number of H-pyrrole nitrogens is 1. The molecule has 0 radical (unpaired) electrons. The lowest BCUT2D eigenvalue weighted by atomic mass is 9.89. The molecular formula is C10H17N3O. The molecule has 1 aromatic heterocycles. The van der Waals surface area contributed by atoms with Crippen molar-refractivity contribution in [2.75, 3.05) is 13.2 Å². The lowest BCUT2D eigenvalue weighted by Crippen LogP contribution is -2.24. The SMILES string of the molecule is CCc1nc(C2CCOCC2C)n[nH]1. The molecule has 1 aromatic rings. The van der Waals surface area contributed by atoms with E-state index in [9.17, 15) is 0 Å². The molecule has 1 N–H and O–H groups in total. The lowest BCUT2D eigenvalue weighted by Gasteiger charge is -2.26. The molecule has 14 heavy (non-hydrogen) atoms. The van der Waals surface area contributed by atoms with Crippen LogP contribution >= 0.6 is 0 Å². The quantitative estimate of drug-likeness (QED) is 0.778. The molecule has 2 atom stereocenters. The average Bonchev–Trinajstić information content (AvgIpc) is 2.67. The molecule has 1 saturated heterocycles. The highest BCUT2D eigenvalue weighted by molar-refractivity contribution is 5.00. The number of hydrogen-bond acceptors (Lipinski definition) is 3. The van der Waals surface area contributed by atoms with Crippen LogP contribution in [-0.4, -0.2) is 28.4 Å². The number of aromatic nitrogens is 3. The zero-order chi connectivity index (χ0) is 9.97. The minimum absolute atomic E-state index is 0.472. The monoisotopic (exact) mass is 195 g/mol. The topological polar surface area (TPSA) is 50.8 Å². The third-order valence-corrected chi connectivity index (χ3v) is 2.86. The molecule has 4 heteroatoms. The Hall–Kier alpha value is -0.900. The van der Waals surface area contributed by atoms with Crippen LogP contribution in [-0.2, 0) is 11.2 Å². The Morgan fingerprint density at radius 1 is 1.57 bits per heavy atom. The zero-order valence-electron chi connectivity index (χ0n) is 8.79. The summed E-state index contributed by atoms with van der Waals surface area (Å²) in [6.07, 6.45) is 1.97. The van der Waals surface area contributed by atoms with Gasteiger partial charge in [0.15, 0.2) is 5.82 Å². The van der Waals surface area contributed by atoms with Crippen LogP contribution in [0, 0.1) is 5.92 Å². The van der Waals surface area contributed by atoms with E-state index in [0.717, 1.165) is 37.7 Å². The number of hydrogen-bond donors (Lipinski definition) is 1. The predicted octanol–water partition coefficient (Wildman–Crippen LogP) is 1.51. The summed E-state index contributed by atoms with van der Waals surface area (Å²) in [5.41, 5.74) is 0. The molecule has 2 rings (SSSR count). The molecule has 78 valence electrons. The van der Waals surface area contributed by atoms with Gasteiger partial charge >= 0.3 is 0 Å². The third kappa shape index (κ3) is 1.80. The first-order valence-corrected chi connectivity index (χ1v) is 5.30. The van der Waals surface area contributed by atoms with Gasteiger partial charge in [-0.25, -0.2) is 4.98 Å². The van der Waals surface area contributed by atoms with E-state index >= 15 is 0 Å². The van der Waals surface area contributed by atoms with Crippen LogP contribution in [0.4, 0.5) is 0 Å². The number of aryl methyl sites for hydroxylation is 1. The smallest absolute Gasteiger partial charge is 0.154 e. The van der Waals surface area contributed by atoms with Gasteiger partial charge in [-0.3, -0.25) is 5.10 Å². The number of rotatable bonds is 2. The molecular weight excluding hydrogens is 178 g/mol. The summed E-state index contributed by atoms with van der Waals surface area (Å²) in [5, 5.41) is 7.24. The molecule has 1 fully saturated rings. The first-order chi connectivity index (χ1) is 6.81. The fourth-order valence-corrected chi connectivity index (χ4v) is 1.90. The summed E-state index contributed by atoms with van der Waals surface area (Å²) in [7, 11) is 0. The summed E-state index contributed by atoms with van der Waals surface area (Å²) in [4.78, 5) is 4.48. The molecule has 0 aliphatic carbocycles. The maximum Gasteiger partial charge on any atom is 0.154 e. The van der Waals surface area contributed by atoms with E-state index in [0.29, 0.717) is 11.8 Å². The number of nitrogens with zero attached hydrogens (tertiary/aromatic N) is 2. The van der Waals surface area contributed by atoms with Crippen LogP contribution < -0.4 is 0 Å². The van der Waals surface area contributed by atoms with Gasteiger partial charge in [-0.05, 0) is 12.3 Å². The highest BCUT2D eigenvalue weighted by atomic mass is 16.5. The molecule has 4 nitrogen and oxygen atoms in total. The Balaban J connectivity index is 2.12. The Bertz CT molecular complexity index is 297. The second-order valence-electron chi connectivity index (χ2n) is 3.94. The van der Waals surface area contributed by atoms with Crippen molar-refractivity contribution in [2.24, 2.45) is 5.92 Å². The highest BCUT2D eigenvalue weighted by Crippen LogP contribution is 2.29. The number of ether oxygens (including phenoxy) is 1. The van der Waals surface area contributed by atoms with Gasteiger partial charge in [0, 0.05) is 25.6 Å². The summed E-state index contributed by atoms with van der Waals surface area (Å²) >= 11 is 0. The van der Waals surface area contributed by atoms with Gasteiger partial charge in [0.2, 0.25) is 0 Å². The van der Waals surface area contributed by atoms with E-state index in [4.69, 9.17) is 4.74 Å². The van der Waals surface area contributed by atoms with E-state index in [1.165, 1.54) is 0 Å². The summed E-state index contributed by atoms with van der Waals surface area (Å²) in [5.74, 6) is 2.96. The van der Waals surface area contributed by atoms with E-state index in [-0.39, 0.29) is 0 Å². The molecule has 2 unspecified atom stereocenters. The first-order valence-electron chi connectivity index (χ1n) is 5.30. The van der Waals surface area contributed by atoms with Crippen molar-refractivity contribution in [3.8, 4) is 0 Å². The highest BCUT2D eigenvalue weighted by Gasteiger charge is 2.26. The van der Waals surface area contributed by atoms with Crippen LogP contribution in [0.15, 0.2) is 0 Å². The second-order valence-corrected chi connectivity index (χ2v) is 3.94. The first kappa shape index (κ1) is 9.65. The van der Waals surface area contributed by atoms with Crippen LogP contribution in [0.2, 0.25) is 0 Å². The molecule has 0 saturated carbocycles. The van der Waals surface area contributed by atoms with Crippen molar-refractivity contribution in [1.82, 2.24) is 15.2 Å². The van der Waals surface area contributed by atoms with Gasteiger partial charge in [0.1, 0.15) is 5.82 Å². The van der Waals surface area contributed by atoms with Crippen molar-refractivity contribution in [3.05, 3.63) is 11.6 Å². The fraction of sp³-hybridized carbons (Fsp3) is 0.800. The minimum Gasteiger partial charge on any atom is -0.381 e. The average molecular weight is 195 g/mol. The van der Waals surface area contributed by atoms with Gasteiger partial charge in [-0.15, -0.1) is 0 Å². The van der Waals surface area contributed by atoms with Crippen molar-refractivity contribution < 1.29 is 4.74 Å². The van der Waals surface area contributed by atoms with Gasteiger partial charge in [0.05, 0.1) is 0 Å². The maximum absolute atomic E-state index is 5.40. The van der Waals surface area contributed by atoms with Gasteiger partial charge in [0.25, 0.3) is 0 Å². The lowest BCUT2D eigenvalue weighted by molar-refractivity contribution is 0.0453. The van der Waals surface area contributed by atoms with Gasteiger partial charge < -0.3 is 4.74 Å². The molecule has 0 spiro atoms. The van der Waals surface area contributed by atoms with Crippen LogP contribution in [0.3, 0.4) is 0 Å². The molecule has 1 aliphatic rings. The standard InChI is InChI=1S/C10H17N3O/c1-3-9-11-10(13-12-9)8-4-5-14-6-7(8)2/h7-8H,3-6H2,1-2H3,(H,11,12,13). The largest absolute Gasteiger partial charge is 0.381 e.